The maximum absolute atomic E-state index is 12.5. The Morgan fingerprint density at radius 3 is 2.55 bits per heavy atom. The maximum Gasteiger partial charge on any atom is 0.233 e. The number of aromatic nitrogens is 3. The van der Waals surface area contributed by atoms with Crippen LogP contribution in [0.3, 0.4) is 0 Å². The molecule has 1 amide bonds. The molecule has 0 saturated carbocycles. The predicted octanol–water partition coefficient (Wildman–Crippen LogP) is 3.15. The first-order valence-electron chi connectivity index (χ1n) is 10.4. The molecular formula is C21H31N5O2S. The van der Waals surface area contributed by atoms with Crippen LogP contribution in [0.1, 0.15) is 27.7 Å². The van der Waals surface area contributed by atoms with Crippen molar-refractivity contribution in [2.45, 2.75) is 45.5 Å². The van der Waals surface area contributed by atoms with Gasteiger partial charge in [-0.05, 0) is 52.0 Å². The van der Waals surface area contributed by atoms with E-state index in [2.05, 4.69) is 64.7 Å². The van der Waals surface area contributed by atoms with Crippen molar-refractivity contribution in [2.75, 3.05) is 43.4 Å². The highest BCUT2D eigenvalue weighted by Crippen LogP contribution is 2.26. The molecule has 1 aromatic heterocycles. The van der Waals surface area contributed by atoms with Crippen LogP contribution in [0.5, 0.6) is 0 Å². The van der Waals surface area contributed by atoms with E-state index in [9.17, 15) is 4.79 Å². The van der Waals surface area contributed by atoms with Crippen molar-refractivity contribution < 1.29 is 9.53 Å². The minimum Gasteiger partial charge on any atom is -0.375 e. The first-order chi connectivity index (χ1) is 14.1. The Kier molecular flexibility index (Phi) is 7.55. The molecule has 29 heavy (non-hydrogen) atoms. The summed E-state index contributed by atoms with van der Waals surface area (Å²) in [5.74, 6) is 1.33. The Morgan fingerprint density at radius 1 is 1.21 bits per heavy atom. The van der Waals surface area contributed by atoms with Crippen LogP contribution in [0.15, 0.2) is 29.4 Å². The lowest BCUT2D eigenvalue weighted by Crippen LogP contribution is -2.45. The fourth-order valence-electron chi connectivity index (χ4n) is 3.57. The van der Waals surface area contributed by atoms with Crippen LogP contribution in [0.4, 0.5) is 5.69 Å². The molecule has 7 nitrogen and oxygen atoms in total. The van der Waals surface area contributed by atoms with Gasteiger partial charge in [-0.2, -0.15) is 0 Å². The van der Waals surface area contributed by atoms with Crippen molar-refractivity contribution in [1.29, 1.82) is 0 Å². The largest absolute Gasteiger partial charge is 0.375 e. The molecule has 1 aliphatic heterocycles. The summed E-state index contributed by atoms with van der Waals surface area (Å²) in [5, 5.41) is 9.55. The molecule has 0 aliphatic carbocycles. The minimum absolute atomic E-state index is 0.0999. The van der Waals surface area contributed by atoms with Gasteiger partial charge in [-0.1, -0.05) is 11.8 Å². The summed E-state index contributed by atoms with van der Waals surface area (Å²) >= 11 is 1.45. The van der Waals surface area contributed by atoms with Crippen molar-refractivity contribution in [3.63, 3.8) is 0 Å². The van der Waals surface area contributed by atoms with E-state index in [1.165, 1.54) is 17.4 Å². The van der Waals surface area contributed by atoms with Gasteiger partial charge in [0, 0.05) is 44.0 Å². The average Bonchev–Trinajstić information content (AvgIpc) is 3.16. The van der Waals surface area contributed by atoms with Gasteiger partial charge < -0.3 is 19.1 Å². The van der Waals surface area contributed by atoms with Crippen LogP contribution < -0.4 is 4.90 Å². The Morgan fingerprint density at radius 2 is 1.93 bits per heavy atom. The SMILES string of the molecule is CCN(CC)c1ccc(-c2nnc(SCC(=O)N3CCOC(C)C3)n2CC)cc1. The monoisotopic (exact) mass is 417 g/mol. The molecule has 0 radical (unpaired) electrons. The Bertz CT molecular complexity index is 804. The molecule has 2 aromatic rings. The van der Waals surface area contributed by atoms with Gasteiger partial charge in [0.25, 0.3) is 0 Å². The lowest BCUT2D eigenvalue weighted by atomic mass is 10.2. The Balaban J connectivity index is 1.69. The summed E-state index contributed by atoms with van der Waals surface area (Å²) in [7, 11) is 0. The molecule has 0 bridgehead atoms. The summed E-state index contributed by atoms with van der Waals surface area (Å²) in [6, 6.07) is 8.46. The third kappa shape index (κ3) is 5.11. The van der Waals surface area contributed by atoms with E-state index in [-0.39, 0.29) is 12.0 Å². The average molecular weight is 418 g/mol. The van der Waals surface area contributed by atoms with Gasteiger partial charge >= 0.3 is 0 Å². The van der Waals surface area contributed by atoms with Crippen LogP contribution in [0.2, 0.25) is 0 Å². The van der Waals surface area contributed by atoms with Crippen LogP contribution in [-0.4, -0.2) is 70.2 Å². The summed E-state index contributed by atoms with van der Waals surface area (Å²) in [4.78, 5) is 16.7. The highest BCUT2D eigenvalue weighted by molar-refractivity contribution is 7.99. The number of carbonyl (C=O) groups is 1. The number of nitrogens with zero attached hydrogens (tertiary/aromatic N) is 5. The van der Waals surface area contributed by atoms with E-state index >= 15 is 0 Å². The van der Waals surface area contributed by atoms with E-state index in [0.29, 0.717) is 25.4 Å². The number of morpholine rings is 1. The normalized spacial score (nSPS) is 16.8. The highest BCUT2D eigenvalue weighted by Gasteiger charge is 2.22. The number of thioether (sulfide) groups is 1. The number of ether oxygens (including phenoxy) is 1. The number of hydrogen-bond donors (Lipinski definition) is 0. The molecular weight excluding hydrogens is 386 g/mol. The summed E-state index contributed by atoms with van der Waals surface area (Å²) in [6.07, 6.45) is 0.0999. The van der Waals surface area contributed by atoms with Crippen LogP contribution in [-0.2, 0) is 16.1 Å². The zero-order chi connectivity index (χ0) is 20.8. The molecule has 1 saturated heterocycles. The number of rotatable bonds is 8. The summed E-state index contributed by atoms with van der Waals surface area (Å²) in [6.45, 7) is 13.0. The van der Waals surface area contributed by atoms with Gasteiger partial charge in [0.1, 0.15) is 0 Å². The van der Waals surface area contributed by atoms with Gasteiger partial charge in [-0.15, -0.1) is 10.2 Å². The fourth-order valence-corrected chi connectivity index (χ4v) is 4.47. The van der Waals surface area contributed by atoms with Gasteiger partial charge in [0.2, 0.25) is 5.91 Å². The van der Waals surface area contributed by atoms with E-state index in [4.69, 9.17) is 4.74 Å². The van der Waals surface area contributed by atoms with E-state index in [1.807, 2.05) is 11.8 Å². The second-order valence-corrected chi connectivity index (χ2v) is 8.02. The minimum atomic E-state index is 0.0999. The van der Waals surface area contributed by atoms with Crippen molar-refractivity contribution >= 4 is 23.4 Å². The van der Waals surface area contributed by atoms with Crippen LogP contribution in [0.25, 0.3) is 11.4 Å². The van der Waals surface area contributed by atoms with Crippen molar-refractivity contribution in [3.8, 4) is 11.4 Å². The molecule has 1 aromatic carbocycles. The molecule has 0 spiro atoms. The van der Waals surface area contributed by atoms with Crippen molar-refractivity contribution in [3.05, 3.63) is 24.3 Å². The van der Waals surface area contributed by atoms with E-state index in [0.717, 1.165) is 36.2 Å². The topological polar surface area (TPSA) is 63.5 Å². The Hall–Kier alpha value is -2.06. The first-order valence-corrected chi connectivity index (χ1v) is 11.4. The van der Waals surface area contributed by atoms with Gasteiger partial charge in [-0.3, -0.25) is 4.79 Å². The number of benzene rings is 1. The summed E-state index contributed by atoms with van der Waals surface area (Å²) in [5.41, 5.74) is 2.25. The van der Waals surface area contributed by atoms with Crippen molar-refractivity contribution in [1.82, 2.24) is 19.7 Å². The van der Waals surface area contributed by atoms with E-state index < -0.39 is 0 Å². The van der Waals surface area contributed by atoms with Gasteiger partial charge in [0.15, 0.2) is 11.0 Å². The first kappa shape index (κ1) is 21.6. The zero-order valence-electron chi connectivity index (χ0n) is 17.8. The maximum atomic E-state index is 12.5. The van der Waals surface area contributed by atoms with Gasteiger partial charge in [0.05, 0.1) is 18.5 Å². The number of carbonyl (C=O) groups excluding carboxylic acids is 1. The lowest BCUT2D eigenvalue weighted by Gasteiger charge is -2.31. The third-order valence-corrected chi connectivity index (χ3v) is 6.16. The second kappa shape index (κ2) is 10.1. The van der Waals surface area contributed by atoms with E-state index in [1.54, 1.807) is 0 Å². The van der Waals surface area contributed by atoms with Gasteiger partial charge in [-0.25, -0.2) is 0 Å². The lowest BCUT2D eigenvalue weighted by molar-refractivity contribution is -0.135. The standard InChI is InChI=1S/C21H31N5O2S/c1-5-24(6-2)18-10-8-17(9-11-18)20-22-23-21(26(20)7-3)29-15-19(27)25-12-13-28-16(4)14-25/h8-11,16H,5-7,12-15H2,1-4H3. The van der Waals surface area contributed by atoms with Crippen LogP contribution in [0, 0.1) is 0 Å². The molecule has 158 valence electrons. The predicted molar refractivity (Wildman–Crippen MR) is 117 cm³/mol. The molecule has 1 unspecified atom stereocenters. The molecule has 3 rings (SSSR count). The molecule has 0 N–H and O–H groups in total. The summed E-state index contributed by atoms with van der Waals surface area (Å²) < 4.78 is 7.59. The number of amides is 1. The smallest absolute Gasteiger partial charge is 0.233 e. The molecule has 2 heterocycles. The molecule has 8 heteroatoms. The van der Waals surface area contributed by atoms with Crippen LogP contribution >= 0.6 is 11.8 Å². The zero-order valence-corrected chi connectivity index (χ0v) is 18.6. The molecule has 1 fully saturated rings. The molecule has 1 aliphatic rings. The highest BCUT2D eigenvalue weighted by atomic mass is 32.2. The quantitative estimate of drug-likeness (QED) is 0.615. The Labute approximate surface area is 177 Å². The molecule has 1 atom stereocenters. The fraction of sp³-hybridized carbons (Fsp3) is 0.571. The van der Waals surface area contributed by atoms with Crippen molar-refractivity contribution in [2.24, 2.45) is 0 Å². The number of anilines is 1. The second-order valence-electron chi connectivity index (χ2n) is 7.08. The third-order valence-electron chi connectivity index (χ3n) is 5.21. The number of hydrogen-bond acceptors (Lipinski definition) is 6.